The Morgan fingerprint density at radius 2 is 2.11 bits per heavy atom. The van der Waals surface area contributed by atoms with Crippen LogP contribution in [0.25, 0.3) is 0 Å². The van der Waals surface area contributed by atoms with Crippen molar-refractivity contribution in [2.45, 2.75) is 19.8 Å². The maximum absolute atomic E-state index is 3.64. The van der Waals surface area contributed by atoms with Crippen molar-refractivity contribution >= 4 is 0 Å². The Bertz CT molecular complexity index is 118. The van der Waals surface area contributed by atoms with E-state index in [0.717, 1.165) is 12.8 Å². The Balaban J connectivity index is 3.47. The van der Waals surface area contributed by atoms with Crippen LogP contribution < -0.4 is 0 Å². The van der Waals surface area contributed by atoms with E-state index < -0.39 is 0 Å². The second kappa shape index (κ2) is 5.36. The monoisotopic (exact) mass is 122 g/mol. The Hall–Kier alpha value is -0.780. The molecule has 0 saturated carbocycles. The lowest BCUT2D eigenvalue weighted by Gasteiger charge is -1.92. The molecule has 0 nitrogen and oxygen atoms in total. The highest BCUT2D eigenvalue weighted by Crippen LogP contribution is 2.02. The minimum Gasteiger partial charge on any atom is -0.103 e. The molecule has 0 N–H and O–H groups in total. The van der Waals surface area contributed by atoms with E-state index in [0.29, 0.717) is 0 Å². The molecule has 0 bridgehead atoms. The summed E-state index contributed by atoms with van der Waals surface area (Å²) in [5.74, 6) is 0. The van der Waals surface area contributed by atoms with Gasteiger partial charge in [0.25, 0.3) is 0 Å². The van der Waals surface area contributed by atoms with Gasteiger partial charge in [0.2, 0.25) is 0 Å². The van der Waals surface area contributed by atoms with Crippen LogP contribution in [0.2, 0.25) is 0 Å². The van der Waals surface area contributed by atoms with Gasteiger partial charge in [0.1, 0.15) is 0 Å². The molecular weight excluding hydrogens is 108 g/mol. The van der Waals surface area contributed by atoms with Gasteiger partial charge in [-0.1, -0.05) is 30.4 Å². The molecule has 0 heterocycles. The average Bonchev–Trinajstić information content (AvgIpc) is 1.85. The van der Waals surface area contributed by atoms with Crippen LogP contribution in [0.15, 0.2) is 37.0 Å². The summed E-state index contributed by atoms with van der Waals surface area (Å²) in [6.07, 6.45) is 7.95. The molecule has 0 unspecified atom stereocenters. The summed E-state index contributed by atoms with van der Waals surface area (Å²) in [4.78, 5) is 0. The van der Waals surface area contributed by atoms with Crippen LogP contribution in [0.1, 0.15) is 19.8 Å². The first-order valence-electron chi connectivity index (χ1n) is 3.20. The summed E-state index contributed by atoms with van der Waals surface area (Å²) in [5.41, 5.74) is 1.37. The Morgan fingerprint density at radius 1 is 1.44 bits per heavy atom. The third kappa shape index (κ3) is 5.09. The predicted molar refractivity (Wildman–Crippen MR) is 43.4 cm³/mol. The van der Waals surface area contributed by atoms with Crippen LogP contribution in [0.5, 0.6) is 0 Å². The van der Waals surface area contributed by atoms with E-state index in [2.05, 4.69) is 20.1 Å². The second-order valence-electron chi connectivity index (χ2n) is 2.08. The maximum Gasteiger partial charge on any atom is -0.0285 e. The van der Waals surface area contributed by atoms with Gasteiger partial charge in [-0.15, -0.1) is 6.58 Å². The van der Waals surface area contributed by atoms with Gasteiger partial charge in [-0.25, -0.2) is 0 Å². The van der Waals surface area contributed by atoms with Crippen molar-refractivity contribution in [2.75, 3.05) is 0 Å². The number of allylic oxidation sites excluding steroid dienone is 4. The van der Waals surface area contributed by atoms with Crippen molar-refractivity contribution in [3.8, 4) is 0 Å². The summed E-state index contributed by atoms with van der Waals surface area (Å²) >= 11 is 0. The Morgan fingerprint density at radius 3 is 2.56 bits per heavy atom. The molecule has 0 rings (SSSR count). The van der Waals surface area contributed by atoms with E-state index in [1.807, 2.05) is 18.2 Å². The lowest BCUT2D eigenvalue weighted by Crippen LogP contribution is -1.72. The lowest BCUT2D eigenvalue weighted by molar-refractivity contribution is 0.981. The molecule has 0 radical (unpaired) electrons. The summed E-state index contributed by atoms with van der Waals surface area (Å²) in [6.45, 7) is 9.35. The van der Waals surface area contributed by atoms with Crippen molar-refractivity contribution in [3.05, 3.63) is 37.0 Å². The third-order valence-corrected chi connectivity index (χ3v) is 1.15. The molecule has 0 aromatic heterocycles. The van der Waals surface area contributed by atoms with E-state index in [1.165, 1.54) is 5.57 Å². The molecule has 0 saturated heterocycles. The summed E-state index contributed by atoms with van der Waals surface area (Å²) in [6, 6.07) is 0. The fourth-order valence-electron chi connectivity index (χ4n) is 0.614. The standard InChI is InChI=1S/C9H14/c1-4-6-8-9(3)7-5-2/h4-5,7H,1-2,6,8H2,3H3/b9-7-. The molecule has 0 fully saturated rings. The topological polar surface area (TPSA) is 0 Å². The molecular formula is C9H14. The van der Waals surface area contributed by atoms with Crippen LogP contribution in [-0.4, -0.2) is 0 Å². The molecule has 0 aliphatic rings. The third-order valence-electron chi connectivity index (χ3n) is 1.15. The van der Waals surface area contributed by atoms with E-state index in [-0.39, 0.29) is 0 Å². The van der Waals surface area contributed by atoms with E-state index in [9.17, 15) is 0 Å². The van der Waals surface area contributed by atoms with Crippen LogP contribution >= 0.6 is 0 Å². The van der Waals surface area contributed by atoms with Gasteiger partial charge in [0.05, 0.1) is 0 Å². The van der Waals surface area contributed by atoms with Gasteiger partial charge in [-0.05, 0) is 19.8 Å². The average molecular weight is 122 g/mol. The quantitative estimate of drug-likeness (QED) is 0.397. The van der Waals surface area contributed by atoms with E-state index >= 15 is 0 Å². The molecule has 0 aliphatic heterocycles. The summed E-state index contributed by atoms with van der Waals surface area (Å²) in [5, 5.41) is 0. The van der Waals surface area contributed by atoms with Gasteiger partial charge in [-0.2, -0.15) is 0 Å². The van der Waals surface area contributed by atoms with Gasteiger partial charge < -0.3 is 0 Å². The zero-order chi connectivity index (χ0) is 7.11. The Labute approximate surface area is 57.6 Å². The molecule has 0 aromatic carbocycles. The predicted octanol–water partition coefficient (Wildman–Crippen LogP) is 3.08. The van der Waals surface area contributed by atoms with E-state index in [4.69, 9.17) is 0 Å². The molecule has 9 heavy (non-hydrogen) atoms. The van der Waals surface area contributed by atoms with Crippen LogP contribution in [-0.2, 0) is 0 Å². The normalized spacial score (nSPS) is 11.0. The van der Waals surface area contributed by atoms with Crippen LogP contribution in [0, 0.1) is 0 Å². The highest BCUT2D eigenvalue weighted by atomic mass is 13.9. The molecule has 0 spiro atoms. The summed E-state index contributed by atoms with van der Waals surface area (Å²) < 4.78 is 0. The number of rotatable bonds is 4. The van der Waals surface area contributed by atoms with Gasteiger partial charge in [0, 0.05) is 0 Å². The number of hydrogen-bond acceptors (Lipinski definition) is 0. The molecule has 0 aliphatic carbocycles. The van der Waals surface area contributed by atoms with Gasteiger partial charge >= 0.3 is 0 Å². The van der Waals surface area contributed by atoms with Crippen molar-refractivity contribution in [2.24, 2.45) is 0 Å². The van der Waals surface area contributed by atoms with Crippen molar-refractivity contribution in [1.82, 2.24) is 0 Å². The minimum absolute atomic E-state index is 1.07. The maximum atomic E-state index is 3.64. The van der Waals surface area contributed by atoms with Crippen LogP contribution in [0.3, 0.4) is 0 Å². The molecule has 0 atom stereocenters. The number of hydrogen-bond donors (Lipinski definition) is 0. The smallest absolute Gasteiger partial charge is 0.0285 e. The van der Waals surface area contributed by atoms with Gasteiger partial charge in [0.15, 0.2) is 0 Å². The SMILES string of the molecule is C=C/C=C(/C)CCC=C. The fourth-order valence-corrected chi connectivity index (χ4v) is 0.614. The zero-order valence-corrected chi connectivity index (χ0v) is 6.06. The fraction of sp³-hybridized carbons (Fsp3) is 0.333. The molecule has 50 valence electrons. The lowest BCUT2D eigenvalue weighted by atomic mass is 10.1. The second-order valence-corrected chi connectivity index (χ2v) is 2.08. The van der Waals surface area contributed by atoms with E-state index in [1.54, 1.807) is 0 Å². The van der Waals surface area contributed by atoms with Crippen molar-refractivity contribution < 1.29 is 0 Å². The van der Waals surface area contributed by atoms with Crippen LogP contribution in [0.4, 0.5) is 0 Å². The highest BCUT2D eigenvalue weighted by molar-refractivity contribution is 5.07. The first-order valence-corrected chi connectivity index (χ1v) is 3.20. The first-order chi connectivity index (χ1) is 4.31. The zero-order valence-electron chi connectivity index (χ0n) is 6.06. The molecule has 0 amide bonds. The Kier molecular flexibility index (Phi) is 4.89. The molecule has 0 aromatic rings. The summed E-state index contributed by atoms with van der Waals surface area (Å²) in [7, 11) is 0. The van der Waals surface area contributed by atoms with Crippen molar-refractivity contribution in [1.29, 1.82) is 0 Å². The van der Waals surface area contributed by atoms with Gasteiger partial charge in [-0.3, -0.25) is 0 Å². The van der Waals surface area contributed by atoms with Crippen molar-refractivity contribution in [3.63, 3.8) is 0 Å². The first kappa shape index (κ1) is 8.22. The molecule has 0 heteroatoms. The minimum atomic E-state index is 1.07. The highest BCUT2D eigenvalue weighted by Gasteiger charge is 1.82. The largest absolute Gasteiger partial charge is 0.103 e.